The third-order valence-electron chi connectivity index (χ3n) is 8.12. The number of thiazole rings is 1. The minimum atomic E-state index is -1.45. The van der Waals surface area contributed by atoms with E-state index in [1.54, 1.807) is 5.38 Å². The number of oxime groups is 1. The quantitative estimate of drug-likeness (QED) is 0.0891. The molecule has 3 aliphatic heterocycles. The molecule has 0 unspecified atom stereocenters. The van der Waals surface area contributed by atoms with Crippen molar-refractivity contribution >= 4 is 68.6 Å². The highest BCUT2D eigenvalue weighted by molar-refractivity contribution is 8.00. The number of amides is 2. The number of amidine groups is 1. The van der Waals surface area contributed by atoms with E-state index in [4.69, 9.17) is 10.6 Å². The van der Waals surface area contributed by atoms with Gasteiger partial charge in [0.25, 0.3) is 11.8 Å². The minimum Gasteiger partial charge on any atom is -0.543 e. The summed E-state index contributed by atoms with van der Waals surface area (Å²) in [5.74, 6) is -1.45. The molecule has 0 radical (unpaired) electrons. The minimum absolute atomic E-state index is 0.145. The number of anilines is 1. The predicted molar refractivity (Wildman–Crippen MR) is 174 cm³/mol. The van der Waals surface area contributed by atoms with Crippen molar-refractivity contribution in [1.82, 2.24) is 25.1 Å². The molecule has 1 aromatic carbocycles. The number of hydrogen-bond donors (Lipinski definition) is 3. The van der Waals surface area contributed by atoms with Crippen molar-refractivity contribution in [2.75, 3.05) is 31.7 Å². The zero-order valence-corrected chi connectivity index (χ0v) is 26.7. The summed E-state index contributed by atoms with van der Waals surface area (Å²) in [6, 6.07) is 13.3. The van der Waals surface area contributed by atoms with E-state index in [-0.39, 0.29) is 28.8 Å². The smallest absolute Gasteiger partial charge is 0.276 e. The average molecular weight is 672 g/mol. The molecule has 0 saturated carbocycles. The number of aromatic nitrogens is 3. The molecular weight excluding hydrogens is 643 g/mol. The Bertz CT molecular complexity index is 2000. The second-order valence-electron chi connectivity index (χ2n) is 11.0. The number of carboxylic acids is 1. The molecule has 4 N–H and O–H groups in total. The number of β-lactam (4-membered cyclic amide) rings is 1. The van der Waals surface area contributed by atoms with Crippen LogP contribution in [0.5, 0.6) is 0 Å². The summed E-state index contributed by atoms with van der Waals surface area (Å²) >= 11 is 2.50. The van der Waals surface area contributed by atoms with Gasteiger partial charge in [-0.1, -0.05) is 29.4 Å². The summed E-state index contributed by atoms with van der Waals surface area (Å²) < 4.78 is 4.10. The Balaban J connectivity index is 1.09. The molecule has 16 heteroatoms. The van der Waals surface area contributed by atoms with Crippen LogP contribution in [0, 0.1) is 0 Å². The van der Waals surface area contributed by atoms with Gasteiger partial charge in [0.15, 0.2) is 23.6 Å². The maximum absolute atomic E-state index is 13.3. The third kappa shape index (κ3) is 5.69. The van der Waals surface area contributed by atoms with Gasteiger partial charge >= 0.3 is 0 Å². The summed E-state index contributed by atoms with van der Waals surface area (Å²) in [4.78, 5) is 53.4. The lowest BCUT2D eigenvalue weighted by Crippen LogP contribution is -2.71. The van der Waals surface area contributed by atoms with Gasteiger partial charge in [-0.05, 0) is 11.6 Å². The first kappa shape index (κ1) is 30.4. The number of benzene rings is 1. The monoisotopic (exact) mass is 671 g/mol. The van der Waals surface area contributed by atoms with Crippen molar-refractivity contribution in [1.29, 1.82) is 0 Å². The molecule has 0 bridgehead atoms. The molecule has 47 heavy (non-hydrogen) atoms. The Hall–Kier alpha value is -5.22. The van der Waals surface area contributed by atoms with Crippen LogP contribution >= 0.6 is 23.1 Å². The first-order chi connectivity index (χ1) is 22.8. The van der Waals surface area contributed by atoms with E-state index in [1.807, 2.05) is 35.2 Å². The second kappa shape index (κ2) is 12.5. The van der Waals surface area contributed by atoms with E-state index in [1.165, 1.54) is 23.8 Å². The molecule has 1 fully saturated rings. The maximum atomic E-state index is 13.3. The number of aliphatic imine (C=N–C) groups is 1. The number of nitrogen functional groups attached to an aromatic ring is 1. The number of carbonyl (C=O) groups excluding carboxylic acids is 3. The van der Waals surface area contributed by atoms with E-state index >= 15 is 0 Å². The van der Waals surface area contributed by atoms with Crippen LogP contribution in [0.25, 0.3) is 11.0 Å². The van der Waals surface area contributed by atoms with Gasteiger partial charge < -0.3 is 35.7 Å². The van der Waals surface area contributed by atoms with Crippen molar-refractivity contribution in [3.05, 3.63) is 88.3 Å². The lowest BCUT2D eigenvalue weighted by Gasteiger charge is -2.50. The Labute approximate surface area is 276 Å². The van der Waals surface area contributed by atoms with Gasteiger partial charge in [0.2, 0.25) is 5.52 Å². The standard InChI is InChI=1S/C31H29N9O5S2/c1-45-37-23(20-16-47-31(32)35-20)27(41)36-24-28(42)40-25(30(43)44)19(15-46-29(24)40)14-38-11-2-3-21-22(38)8-12-39(21)13-17-4-6-18(7-5-17)26-33-9-10-34-26/h2-8,11-12,16,24,29H,9-10,13-15H2,1H3,(H4-,32,33,34,35,36,41,43,44)/t24-,29-/m1/s1. The molecule has 1 saturated heterocycles. The molecule has 4 aromatic rings. The van der Waals surface area contributed by atoms with Crippen molar-refractivity contribution in [2.45, 2.75) is 24.5 Å². The second-order valence-corrected chi connectivity index (χ2v) is 13.0. The number of pyridine rings is 1. The van der Waals surface area contributed by atoms with Crippen LogP contribution in [-0.4, -0.2) is 81.1 Å². The Morgan fingerprint density at radius 2 is 2.09 bits per heavy atom. The van der Waals surface area contributed by atoms with Gasteiger partial charge in [0, 0.05) is 53.7 Å². The number of thioether (sulfide) groups is 1. The van der Waals surface area contributed by atoms with Crippen LogP contribution in [0.4, 0.5) is 5.13 Å². The van der Waals surface area contributed by atoms with Crippen LogP contribution < -0.4 is 26.0 Å². The number of rotatable bonds is 10. The molecule has 3 aromatic heterocycles. The molecule has 7 rings (SSSR count). The van der Waals surface area contributed by atoms with Crippen molar-refractivity contribution in [3.63, 3.8) is 0 Å². The molecule has 2 amide bonds. The SMILES string of the molecule is CON=C(C(=O)N[C@@H]1C(=O)N2C(C(=O)[O-])=C(C[n+]3cccc4c3ccn4Cc3ccc(C4=NCCN4)cc3)CS[C@H]12)c1csc(N)n1. The van der Waals surface area contributed by atoms with Crippen molar-refractivity contribution in [3.8, 4) is 0 Å². The summed E-state index contributed by atoms with van der Waals surface area (Å²) in [7, 11) is 1.28. The Morgan fingerprint density at radius 1 is 1.26 bits per heavy atom. The lowest BCUT2D eigenvalue weighted by molar-refractivity contribution is -0.663. The molecule has 14 nitrogen and oxygen atoms in total. The molecule has 0 aliphatic carbocycles. The van der Waals surface area contributed by atoms with E-state index in [2.05, 4.69) is 54.6 Å². The number of nitrogens with two attached hydrogens (primary N) is 1. The fraction of sp³-hybridized carbons (Fsp3) is 0.258. The Kier molecular flexibility index (Phi) is 8.11. The molecule has 0 spiro atoms. The number of nitrogens with zero attached hydrogens (tertiary/aromatic N) is 6. The van der Waals surface area contributed by atoms with Crippen LogP contribution in [-0.2, 0) is 32.3 Å². The number of carboxylic acid groups (broad SMARTS) is 1. The molecular formula is C31H29N9O5S2. The number of hydrogen-bond acceptors (Lipinski definition) is 12. The number of aliphatic carboxylic acids is 1. The first-order valence-corrected chi connectivity index (χ1v) is 16.6. The predicted octanol–water partition coefficient (Wildman–Crippen LogP) is -0.180. The summed E-state index contributed by atoms with van der Waals surface area (Å²) in [6.45, 7) is 2.54. The van der Waals surface area contributed by atoms with Gasteiger partial charge in [-0.15, -0.1) is 23.1 Å². The zero-order valence-electron chi connectivity index (χ0n) is 25.1. The summed E-state index contributed by atoms with van der Waals surface area (Å²) in [5, 5.41) is 23.3. The van der Waals surface area contributed by atoms with Crippen LogP contribution in [0.1, 0.15) is 16.8 Å². The number of fused-ring (bicyclic) bond motifs is 2. The number of carbonyl (C=O) groups is 3. The maximum Gasteiger partial charge on any atom is 0.276 e. The van der Waals surface area contributed by atoms with E-state index in [0.29, 0.717) is 17.9 Å². The lowest BCUT2D eigenvalue weighted by atomic mass is 10.0. The summed E-state index contributed by atoms with van der Waals surface area (Å²) in [6.07, 6.45) is 3.89. The normalized spacial score (nSPS) is 19.3. The van der Waals surface area contributed by atoms with E-state index in [0.717, 1.165) is 52.4 Å². The molecule has 240 valence electrons. The summed E-state index contributed by atoms with van der Waals surface area (Å²) in [5.41, 5.74) is 10.2. The largest absolute Gasteiger partial charge is 0.543 e. The first-order valence-electron chi connectivity index (χ1n) is 14.7. The highest BCUT2D eigenvalue weighted by Gasteiger charge is 2.53. The zero-order chi connectivity index (χ0) is 32.7. The highest BCUT2D eigenvalue weighted by atomic mass is 32.2. The van der Waals surface area contributed by atoms with E-state index in [9.17, 15) is 19.5 Å². The van der Waals surface area contributed by atoms with Crippen LogP contribution in [0.3, 0.4) is 0 Å². The van der Waals surface area contributed by atoms with Crippen molar-refractivity contribution in [2.24, 2.45) is 10.1 Å². The number of nitrogens with one attached hydrogen (secondary N) is 2. The van der Waals surface area contributed by atoms with E-state index < -0.39 is 29.2 Å². The van der Waals surface area contributed by atoms with Gasteiger partial charge in [-0.25, -0.2) is 4.98 Å². The fourth-order valence-electron chi connectivity index (χ4n) is 5.95. The van der Waals surface area contributed by atoms with Gasteiger partial charge in [0.05, 0.1) is 18.2 Å². The highest BCUT2D eigenvalue weighted by Crippen LogP contribution is 2.40. The third-order valence-corrected chi connectivity index (χ3v) is 10.1. The molecule has 3 aliphatic rings. The Morgan fingerprint density at radius 3 is 2.79 bits per heavy atom. The van der Waals surface area contributed by atoms with Gasteiger partial charge in [-0.3, -0.25) is 19.5 Å². The topological polar surface area (TPSA) is 183 Å². The van der Waals surface area contributed by atoms with Crippen LogP contribution in [0.2, 0.25) is 0 Å². The average Bonchev–Trinajstić information content (AvgIpc) is 3.85. The van der Waals surface area contributed by atoms with Crippen molar-refractivity contribution < 1.29 is 28.9 Å². The fourth-order valence-corrected chi connectivity index (χ4v) is 7.83. The van der Waals surface area contributed by atoms with Crippen LogP contribution in [0.15, 0.2) is 81.7 Å². The van der Waals surface area contributed by atoms with Gasteiger partial charge in [-0.2, -0.15) is 4.57 Å². The molecule has 6 heterocycles. The van der Waals surface area contributed by atoms with Gasteiger partial charge in [0.1, 0.15) is 35.6 Å². The molecule has 2 atom stereocenters.